The first-order valence-electron chi connectivity index (χ1n) is 6.08. The lowest BCUT2D eigenvalue weighted by Gasteiger charge is -2.08. The number of rotatable bonds is 2. The minimum absolute atomic E-state index is 0.918. The Hall–Kier alpha value is -1.90. The number of imidazole rings is 1. The minimum Gasteiger partial charge on any atom is -0.287 e. The molecular weight excluding hydrogens is 210 g/mol. The molecule has 2 heterocycles. The molecule has 0 bridgehead atoms. The standard InChI is InChI=1S/C14H15N3/c1-3-10-6-5-7-11-13(10)16-12(4-2)17-9-8-15-14(11)17/h5-9H,3-4H2,1-2H3. The summed E-state index contributed by atoms with van der Waals surface area (Å²) in [4.78, 5) is 9.24. The lowest BCUT2D eigenvalue weighted by molar-refractivity contribution is 0.911. The van der Waals surface area contributed by atoms with Crippen LogP contribution in [0.25, 0.3) is 16.6 Å². The van der Waals surface area contributed by atoms with E-state index in [1.54, 1.807) is 0 Å². The van der Waals surface area contributed by atoms with Crippen molar-refractivity contribution in [1.29, 1.82) is 0 Å². The Morgan fingerprint density at radius 2 is 2.06 bits per heavy atom. The lowest BCUT2D eigenvalue weighted by atomic mass is 10.1. The van der Waals surface area contributed by atoms with Crippen LogP contribution in [0.5, 0.6) is 0 Å². The van der Waals surface area contributed by atoms with Crippen LogP contribution in [0.4, 0.5) is 0 Å². The maximum Gasteiger partial charge on any atom is 0.147 e. The van der Waals surface area contributed by atoms with Gasteiger partial charge in [-0.2, -0.15) is 0 Å². The van der Waals surface area contributed by atoms with E-state index in [2.05, 4.69) is 41.4 Å². The number of aromatic nitrogens is 3. The van der Waals surface area contributed by atoms with Gasteiger partial charge in [0.25, 0.3) is 0 Å². The normalized spacial score (nSPS) is 11.4. The summed E-state index contributed by atoms with van der Waals surface area (Å²) in [5.74, 6) is 1.07. The maximum atomic E-state index is 4.79. The Balaban J connectivity index is 2.52. The van der Waals surface area contributed by atoms with Crippen molar-refractivity contribution < 1.29 is 0 Å². The first kappa shape index (κ1) is 10.3. The maximum absolute atomic E-state index is 4.79. The van der Waals surface area contributed by atoms with Gasteiger partial charge in [-0.25, -0.2) is 9.97 Å². The fourth-order valence-electron chi connectivity index (χ4n) is 2.33. The van der Waals surface area contributed by atoms with Crippen LogP contribution in [0.3, 0.4) is 0 Å². The van der Waals surface area contributed by atoms with Crippen molar-refractivity contribution in [2.24, 2.45) is 0 Å². The number of benzene rings is 1. The molecule has 2 aromatic heterocycles. The molecule has 0 unspecified atom stereocenters. The molecule has 1 aromatic carbocycles. The summed E-state index contributed by atoms with van der Waals surface area (Å²) in [7, 11) is 0. The number of para-hydroxylation sites is 1. The average molecular weight is 225 g/mol. The monoisotopic (exact) mass is 225 g/mol. The van der Waals surface area contributed by atoms with Crippen molar-refractivity contribution >= 4 is 16.6 Å². The highest BCUT2D eigenvalue weighted by molar-refractivity contribution is 5.93. The number of hydrogen-bond acceptors (Lipinski definition) is 2. The summed E-state index contributed by atoms with van der Waals surface area (Å²) in [5.41, 5.74) is 3.41. The second kappa shape index (κ2) is 3.84. The van der Waals surface area contributed by atoms with Crippen LogP contribution in [0.1, 0.15) is 25.2 Å². The van der Waals surface area contributed by atoms with E-state index >= 15 is 0 Å². The van der Waals surface area contributed by atoms with Gasteiger partial charge in [0.05, 0.1) is 5.52 Å². The summed E-state index contributed by atoms with van der Waals surface area (Å²) >= 11 is 0. The van der Waals surface area contributed by atoms with Crippen LogP contribution in [0.2, 0.25) is 0 Å². The zero-order valence-electron chi connectivity index (χ0n) is 10.1. The Morgan fingerprint density at radius 1 is 1.18 bits per heavy atom. The Morgan fingerprint density at radius 3 is 2.82 bits per heavy atom. The highest BCUT2D eigenvalue weighted by atomic mass is 15.1. The van der Waals surface area contributed by atoms with Crippen molar-refractivity contribution in [3.63, 3.8) is 0 Å². The molecule has 3 rings (SSSR count). The molecule has 0 aliphatic carbocycles. The molecule has 0 radical (unpaired) electrons. The second-order valence-corrected chi connectivity index (χ2v) is 4.17. The van der Waals surface area contributed by atoms with Gasteiger partial charge >= 0.3 is 0 Å². The molecule has 0 saturated carbocycles. The third-order valence-corrected chi connectivity index (χ3v) is 3.22. The SMILES string of the molecule is CCc1cccc2c1nc(CC)n1ccnc21. The first-order valence-corrected chi connectivity index (χ1v) is 6.08. The Kier molecular flexibility index (Phi) is 2.32. The molecule has 0 spiro atoms. The number of fused-ring (bicyclic) bond motifs is 3. The number of aryl methyl sites for hydroxylation is 2. The van der Waals surface area contributed by atoms with E-state index in [1.807, 2.05) is 12.4 Å². The molecule has 0 atom stereocenters. The smallest absolute Gasteiger partial charge is 0.147 e. The quantitative estimate of drug-likeness (QED) is 0.671. The topological polar surface area (TPSA) is 30.2 Å². The summed E-state index contributed by atoms with van der Waals surface area (Å²) < 4.78 is 2.09. The van der Waals surface area contributed by atoms with Crippen LogP contribution in [0, 0.1) is 0 Å². The zero-order valence-corrected chi connectivity index (χ0v) is 10.1. The van der Waals surface area contributed by atoms with E-state index in [0.29, 0.717) is 0 Å². The van der Waals surface area contributed by atoms with Gasteiger partial charge in [-0.3, -0.25) is 4.40 Å². The van der Waals surface area contributed by atoms with Gasteiger partial charge in [-0.15, -0.1) is 0 Å². The van der Waals surface area contributed by atoms with Crippen LogP contribution < -0.4 is 0 Å². The fraction of sp³-hybridized carbons (Fsp3) is 0.286. The van der Waals surface area contributed by atoms with E-state index in [9.17, 15) is 0 Å². The van der Waals surface area contributed by atoms with Crippen molar-refractivity contribution in [2.45, 2.75) is 26.7 Å². The van der Waals surface area contributed by atoms with E-state index in [-0.39, 0.29) is 0 Å². The largest absolute Gasteiger partial charge is 0.287 e. The molecule has 0 aliphatic heterocycles. The fourth-order valence-corrected chi connectivity index (χ4v) is 2.33. The zero-order chi connectivity index (χ0) is 11.8. The number of nitrogens with zero attached hydrogens (tertiary/aromatic N) is 3. The van der Waals surface area contributed by atoms with Crippen molar-refractivity contribution in [3.8, 4) is 0 Å². The molecular formula is C14H15N3. The van der Waals surface area contributed by atoms with Gasteiger partial charge in [0.15, 0.2) is 0 Å². The lowest BCUT2D eigenvalue weighted by Crippen LogP contribution is -2.01. The van der Waals surface area contributed by atoms with Gasteiger partial charge in [0.1, 0.15) is 11.5 Å². The van der Waals surface area contributed by atoms with E-state index in [4.69, 9.17) is 4.98 Å². The summed E-state index contributed by atoms with van der Waals surface area (Å²) in [6.45, 7) is 4.29. The molecule has 0 aliphatic rings. The van der Waals surface area contributed by atoms with E-state index in [0.717, 1.165) is 35.2 Å². The van der Waals surface area contributed by atoms with Crippen LogP contribution in [-0.4, -0.2) is 14.4 Å². The third kappa shape index (κ3) is 1.42. The summed E-state index contributed by atoms with van der Waals surface area (Å²) in [6, 6.07) is 6.33. The van der Waals surface area contributed by atoms with Gasteiger partial charge in [-0.05, 0) is 18.1 Å². The third-order valence-electron chi connectivity index (χ3n) is 3.22. The van der Waals surface area contributed by atoms with Gasteiger partial charge in [0.2, 0.25) is 0 Å². The molecule has 3 heteroatoms. The van der Waals surface area contributed by atoms with E-state index < -0.39 is 0 Å². The van der Waals surface area contributed by atoms with Crippen LogP contribution in [-0.2, 0) is 12.8 Å². The highest BCUT2D eigenvalue weighted by Crippen LogP contribution is 2.22. The minimum atomic E-state index is 0.918. The molecule has 0 amide bonds. The predicted molar refractivity (Wildman–Crippen MR) is 69.2 cm³/mol. The highest BCUT2D eigenvalue weighted by Gasteiger charge is 2.09. The second-order valence-electron chi connectivity index (χ2n) is 4.17. The molecule has 0 N–H and O–H groups in total. The number of hydrogen-bond donors (Lipinski definition) is 0. The Bertz CT molecular complexity index is 682. The van der Waals surface area contributed by atoms with Crippen LogP contribution in [0.15, 0.2) is 30.6 Å². The van der Waals surface area contributed by atoms with Gasteiger partial charge < -0.3 is 0 Å². The summed E-state index contributed by atoms with van der Waals surface area (Å²) in [6.07, 6.45) is 5.75. The molecule has 3 nitrogen and oxygen atoms in total. The summed E-state index contributed by atoms with van der Waals surface area (Å²) in [5, 5.41) is 1.14. The van der Waals surface area contributed by atoms with Crippen LogP contribution >= 0.6 is 0 Å². The molecule has 0 fully saturated rings. The molecule has 86 valence electrons. The van der Waals surface area contributed by atoms with Crippen molar-refractivity contribution in [2.75, 3.05) is 0 Å². The van der Waals surface area contributed by atoms with Crippen molar-refractivity contribution in [3.05, 3.63) is 42.0 Å². The predicted octanol–water partition coefficient (Wildman–Crippen LogP) is 3.01. The average Bonchev–Trinajstić information content (AvgIpc) is 2.86. The molecule has 17 heavy (non-hydrogen) atoms. The molecule has 0 saturated heterocycles. The van der Waals surface area contributed by atoms with Gasteiger partial charge in [-0.1, -0.05) is 26.0 Å². The Labute approximate surface area is 100 Å². The molecule has 3 aromatic rings. The van der Waals surface area contributed by atoms with E-state index in [1.165, 1.54) is 5.56 Å². The van der Waals surface area contributed by atoms with Crippen molar-refractivity contribution in [1.82, 2.24) is 14.4 Å². The van der Waals surface area contributed by atoms with Gasteiger partial charge in [0, 0.05) is 24.2 Å². The first-order chi connectivity index (χ1) is 8.35.